The third kappa shape index (κ3) is 5.31. The molecule has 1 saturated heterocycles. The summed E-state index contributed by atoms with van der Waals surface area (Å²) in [6.07, 6.45) is 7.25. The van der Waals surface area contributed by atoms with Gasteiger partial charge in [-0.15, -0.1) is 0 Å². The van der Waals surface area contributed by atoms with Crippen LogP contribution in [0.15, 0.2) is 18.2 Å². The molecule has 0 spiro atoms. The van der Waals surface area contributed by atoms with E-state index in [0.717, 1.165) is 50.0 Å². The molecule has 1 aromatic carbocycles. The van der Waals surface area contributed by atoms with E-state index in [2.05, 4.69) is 36.2 Å². The van der Waals surface area contributed by atoms with Crippen LogP contribution in [0.1, 0.15) is 64.4 Å². The molecule has 2 aliphatic rings. The normalized spacial score (nSPS) is 18.5. The summed E-state index contributed by atoms with van der Waals surface area (Å²) < 4.78 is 0. The van der Waals surface area contributed by atoms with Gasteiger partial charge in [0.2, 0.25) is 11.8 Å². The van der Waals surface area contributed by atoms with Crippen molar-refractivity contribution in [2.45, 2.75) is 65.7 Å². The van der Waals surface area contributed by atoms with E-state index in [0.29, 0.717) is 19.0 Å². The number of anilines is 2. The Labute approximate surface area is 175 Å². The lowest BCUT2D eigenvalue weighted by Crippen LogP contribution is -2.44. The zero-order chi connectivity index (χ0) is 20.8. The van der Waals surface area contributed by atoms with Crippen molar-refractivity contribution in [1.29, 1.82) is 0 Å². The number of piperidine rings is 1. The fourth-order valence-corrected chi connectivity index (χ4v) is 4.78. The number of hydrogen-bond acceptors (Lipinski definition) is 3. The van der Waals surface area contributed by atoms with Crippen LogP contribution in [0.25, 0.3) is 0 Å². The molecule has 160 valence electrons. The number of nitrogens with zero attached hydrogens (tertiary/aromatic N) is 2. The lowest BCUT2D eigenvalue weighted by Gasteiger charge is -2.34. The van der Waals surface area contributed by atoms with Crippen molar-refractivity contribution in [3.05, 3.63) is 23.8 Å². The Morgan fingerprint density at radius 3 is 2.24 bits per heavy atom. The van der Waals surface area contributed by atoms with Crippen LogP contribution in [-0.4, -0.2) is 42.9 Å². The number of likely N-dealkylation sites (tertiary alicyclic amines) is 1. The molecule has 5 heteroatoms. The molecule has 1 aliphatic carbocycles. The predicted octanol–water partition coefficient (Wildman–Crippen LogP) is 4.60. The minimum atomic E-state index is -0.00716. The van der Waals surface area contributed by atoms with E-state index in [9.17, 15) is 9.59 Å². The number of amides is 2. The Morgan fingerprint density at radius 1 is 1.00 bits per heavy atom. The Kier molecular flexibility index (Phi) is 7.57. The monoisotopic (exact) mass is 399 g/mol. The molecule has 0 aromatic heterocycles. The Hall–Kier alpha value is -2.04. The van der Waals surface area contributed by atoms with Gasteiger partial charge < -0.3 is 15.1 Å². The number of rotatable bonds is 6. The maximum absolute atomic E-state index is 12.8. The fraction of sp³-hybridized carbons (Fsp3) is 0.667. The van der Waals surface area contributed by atoms with Crippen molar-refractivity contribution < 1.29 is 9.59 Å². The number of aryl methyl sites for hydroxylation is 1. The average molecular weight is 400 g/mol. The quantitative estimate of drug-likeness (QED) is 0.761. The van der Waals surface area contributed by atoms with Crippen LogP contribution in [0.2, 0.25) is 0 Å². The van der Waals surface area contributed by atoms with Gasteiger partial charge in [-0.2, -0.15) is 0 Å². The summed E-state index contributed by atoms with van der Waals surface area (Å²) in [6, 6.07) is 6.25. The van der Waals surface area contributed by atoms with Crippen molar-refractivity contribution >= 4 is 23.2 Å². The van der Waals surface area contributed by atoms with Crippen molar-refractivity contribution in [3.8, 4) is 0 Å². The summed E-state index contributed by atoms with van der Waals surface area (Å²) >= 11 is 0. The zero-order valence-corrected chi connectivity index (χ0v) is 18.4. The molecule has 5 nitrogen and oxygen atoms in total. The number of carbonyl (C=O) groups excluding carboxylic acids is 2. The number of benzene rings is 1. The van der Waals surface area contributed by atoms with Crippen molar-refractivity contribution in [1.82, 2.24) is 4.90 Å². The maximum atomic E-state index is 12.8. The summed E-state index contributed by atoms with van der Waals surface area (Å²) in [7, 11) is 0. The van der Waals surface area contributed by atoms with Gasteiger partial charge in [0, 0.05) is 49.4 Å². The Morgan fingerprint density at radius 2 is 1.66 bits per heavy atom. The second kappa shape index (κ2) is 10.1. The summed E-state index contributed by atoms with van der Waals surface area (Å²) in [6.45, 7) is 9.73. The van der Waals surface area contributed by atoms with Crippen LogP contribution in [0.5, 0.6) is 0 Å². The minimum Gasteiger partial charge on any atom is -0.372 e. The summed E-state index contributed by atoms with van der Waals surface area (Å²) in [5, 5.41) is 3.13. The van der Waals surface area contributed by atoms with Crippen molar-refractivity contribution in [3.63, 3.8) is 0 Å². The third-order valence-electron chi connectivity index (χ3n) is 6.73. The molecule has 3 rings (SSSR count). The molecule has 1 N–H and O–H groups in total. The van der Waals surface area contributed by atoms with Crippen molar-refractivity contribution in [2.24, 2.45) is 11.8 Å². The number of nitrogens with one attached hydrogen (secondary N) is 1. The highest BCUT2D eigenvalue weighted by atomic mass is 16.2. The van der Waals surface area contributed by atoms with Crippen LogP contribution in [-0.2, 0) is 9.59 Å². The van der Waals surface area contributed by atoms with Gasteiger partial charge in [-0.05, 0) is 70.2 Å². The molecule has 2 amide bonds. The molecule has 1 saturated carbocycles. The SMILES string of the molecule is CCN(CC)c1ccc(NC(=O)C2CCN(C(=O)C3CCCCC3)CC2)c(C)c1. The van der Waals surface area contributed by atoms with Gasteiger partial charge in [0.15, 0.2) is 0 Å². The molecule has 29 heavy (non-hydrogen) atoms. The van der Waals surface area contributed by atoms with E-state index in [-0.39, 0.29) is 17.7 Å². The van der Waals surface area contributed by atoms with Crippen LogP contribution in [0.3, 0.4) is 0 Å². The van der Waals surface area contributed by atoms with Gasteiger partial charge in [-0.1, -0.05) is 19.3 Å². The molecule has 0 radical (unpaired) electrons. The average Bonchev–Trinajstić information content (AvgIpc) is 2.76. The van der Waals surface area contributed by atoms with E-state index in [4.69, 9.17) is 0 Å². The van der Waals surface area contributed by atoms with Gasteiger partial charge >= 0.3 is 0 Å². The fourth-order valence-electron chi connectivity index (χ4n) is 4.78. The lowest BCUT2D eigenvalue weighted by atomic mass is 9.87. The van der Waals surface area contributed by atoms with E-state index >= 15 is 0 Å². The van der Waals surface area contributed by atoms with E-state index in [1.165, 1.54) is 24.9 Å². The lowest BCUT2D eigenvalue weighted by molar-refractivity contribution is -0.139. The molecule has 0 atom stereocenters. The van der Waals surface area contributed by atoms with E-state index in [1.54, 1.807) is 0 Å². The van der Waals surface area contributed by atoms with Crippen LogP contribution in [0, 0.1) is 18.8 Å². The molecular weight excluding hydrogens is 362 g/mol. The molecule has 0 unspecified atom stereocenters. The highest BCUT2D eigenvalue weighted by molar-refractivity contribution is 5.93. The van der Waals surface area contributed by atoms with Gasteiger partial charge in [0.05, 0.1) is 0 Å². The van der Waals surface area contributed by atoms with Gasteiger partial charge in [0.25, 0.3) is 0 Å². The zero-order valence-electron chi connectivity index (χ0n) is 18.4. The minimum absolute atomic E-state index is 0.00716. The summed E-state index contributed by atoms with van der Waals surface area (Å²) in [4.78, 5) is 29.8. The smallest absolute Gasteiger partial charge is 0.227 e. The van der Waals surface area contributed by atoms with Gasteiger partial charge in [-0.25, -0.2) is 0 Å². The van der Waals surface area contributed by atoms with Gasteiger partial charge in [0.1, 0.15) is 0 Å². The Bertz CT molecular complexity index is 700. The van der Waals surface area contributed by atoms with E-state index < -0.39 is 0 Å². The topological polar surface area (TPSA) is 52.7 Å². The Balaban J connectivity index is 1.52. The van der Waals surface area contributed by atoms with Crippen LogP contribution >= 0.6 is 0 Å². The van der Waals surface area contributed by atoms with Crippen LogP contribution in [0.4, 0.5) is 11.4 Å². The molecular formula is C24H37N3O2. The molecule has 1 aliphatic heterocycles. The molecule has 0 bridgehead atoms. The first-order chi connectivity index (χ1) is 14.0. The highest BCUT2D eigenvalue weighted by Crippen LogP contribution is 2.28. The molecule has 2 fully saturated rings. The van der Waals surface area contributed by atoms with E-state index in [1.807, 2.05) is 17.9 Å². The number of hydrogen-bond donors (Lipinski definition) is 1. The summed E-state index contributed by atoms with van der Waals surface area (Å²) in [5.74, 6) is 0.633. The number of carbonyl (C=O) groups is 2. The van der Waals surface area contributed by atoms with Gasteiger partial charge in [-0.3, -0.25) is 9.59 Å². The standard InChI is InChI=1S/C24H37N3O2/c1-4-26(5-2)21-11-12-22(18(3)17-21)25-23(28)19-13-15-27(16-14-19)24(29)20-9-7-6-8-10-20/h11-12,17,19-20H,4-10,13-16H2,1-3H3,(H,25,28). The first-order valence-electron chi connectivity index (χ1n) is 11.5. The second-order valence-corrected chi connectivity index (χ2v) is 8.60. The largest absolute Gasteiger partial charge is 0.372 e. The first kappa shape index (κ1) is 21.7. The predicted molar refractivity (Wildman–Crippen MR) is 119 cm³/mol. The molecule has 1 heterocycles. The summed E-state index contributed by atoms with van der Waals surface area (Å²) in [5.41, 5.74) is 3.18. The second-order valence-electron chi connectivity index (χ2n) is 8.60. The third-order valence-corrected chi connectivity index (χ3v) is 6.73. The maximum Gasteiger partial charge on any atom is 0.227 e. The molecule has 1 aromatic rings. The van der Waals surface area contributed by atoms with Crippen molar-refractivity contribution in [2.75, 3.05) is 36.4 Å². The first-order valence-corrected chi connectivity index (χ1v) is 11.5. The highest BCUT2D eigenvalue weighted by Gasteiger charge is 2.31. The van der Waals surface area contributed by atoms with Crippen LogP contribution < -0.4 is 10.2 Å².